The Kier molecular flexibility index (Phi) is 2.97. The van der Waals surface area contributed by atoms with Gasteiger partial charge >= 0.3 is 6.03 Å². The lowest BCUT2D eigenvalue weighted by Gasteiger charge is -2.08. The Morgan fingerprint density at radius 3 is 2.87 bits per heavy atom. The van der Waals surface area contributed by atoms with Crippen molar-refractivity contribution < 1.29 is 9.59 Å². The van der Waals surface area contributed by atoms with Crippen molar-refractivity contribution in [3.63, 3.8) is 0 Å². The SMILES string of the molecule is CC(C(=O)NC(N)=O)n1cnc(C#N)n1. The fourth-order valence-electron chi connectivity index (χ4n) is 0.859. The van der Waals surface area contributed by atoms with Crippen LogP contribution in [-0.4, -0.2) is 26.7 Å². The molecule has 0 fully saturated rings. The van der Waals surface area contributed by atoms with Gasteiger partial charge in [0, 0.05) is 0 Å². The highest BCUT2D eigenvalue weighted by atomic mass is 16.2. The lowest BCUT2D eigenvalue weighted by molar-refractivity contribution is -0.122. The van der Waals surface area contributed by atoms with Crippen molar-refractivity contribution in [2.45, 2.75) is 13.0 Å². The van der Waals surface area contributed by atoms with E-state index in [1.807, 2.05) is 5.32 Å². The number of nitrogens with zero attached hydrogens (tertiary/aromatic N) is 4. The molecule has 8 nitrogen and oxygen atoms in total. The lowest BCUT2D eigenvalue weighted by Crippen LogP contribution is -2.39. The number of urea groups is 1. The van der Waals surface area contributed by atoms with Crippen molar-refractivity contribution in [3.8, 4) is 6.07 Å². The Balaban J connectivity index is 2.76. The number of nitrogens with one attached hydrogen (secondary N) is 1. The second-order valence-electron chi connectivity index (χ2n) is 2.69. The van der Waals surface area contributed by atoms with Crippen LogP contribution in [-0.2, 0) is 4.79 Å². The van der Waals surface area contributed by atoms with Crippen molar-refractivity contribution in [2.24, 2.45) is 5.73 Å². The molecule has 3 N–H and O–H groups in total. The first-order chi connectivity index (χ1) is 7.04. The molecule has 0 aliphatic rings. The zero-order valence-corrected chi connectivity index (χ0v) is 7.84. The summed E-state index contributed by atoms with van der Waals surface area (Å²) in [5, 5.41) is 14.0. The van der Waals surface area contributed by atoms with Crippen LogP contribution in [0.3, 0.4) is 0 Å². The molecule has 0 aliphatic carbocycles. The number of nitrogens with two attached hydrogens (primary N) is 1. The van der Waals surface area contributed by atoms with Crippen molar-refractivity contribution in [1.29, 1.82) is 5.26 Å². The van der Waals surface area contributed by atoms with Gasteiger partial charge in [-0.1, -0.05) is 0 Å². The molecule has 0 aliphatic heterocycles. The first-order valence-corrected chi connectivity index (χ1v) is 3.96. The first-order valence-electron chi connectivity index (χ1n) is 3.96. The van der Waals surface area contributed by atoms with Gasteiger partial charge in [0.15, 0.2) is 0 Å². The molecule has 1 atom stereocenters. The molecular weight excluding hydrogens is 200 g/mol. The molecule has 3 amide bonds. The van der Waals surface area contributed by atoms with Crippen LogP contribution in [0.1, 0.15) is 18.8 Å². The summed E-state index contributed by atoms with van der Waals surface area (Å²) < 4.78 is 1.16. The molecule has 0 saturated carbocycles. The summed E-state index contributed by atoms with van der Waals surface area (Å²) in [5.74, 6) is -0.661. The monoisotopic (exact) mass is 208 g/mol. The van der Waals surface area contributed by atoms with Gasteiger partial charge in [0.1, 0.15) is 18.4 Å². The maximum absolute atomic E-state index is 11.3. The summed E-state index contributed by atoms with van der Waals surface area (Å²) in [7, 11) is 0. The number of carbonyl (C=O) groups is 2. The Morgan fingerprint density at radius 2 is 2.40 bits per heavy atom. The van der Waals surface area contributed by atoms with Crippen molar-refractivity contribution in [1.82, 2.24) is 20.1 Å². The van der Waals surface area contributed by atoms with Gasteiger partial charge in [-0.2, -0.15) is 5.26 Å². The van der Waals surface area contributed by atoms with Gasteiger partial charge in [-0.3, -0.25) is 10.1 Å². The predicted octanol–water partition coefficient (Wildman–Crippen LogP) is -1.09. The van der Waals surface area contributed by atoms with Crippen molar-refractivity contribution in [3.05, 3.63) is 12.2 Å². The normalized spacial score (nSPS) is 11.5. The van der Waals surface area contributed by atoms with Crippen LogP contribution >= 0.6 is 0 Å². The maximum Gasteiger partial charge on any atom is 0.318 e. The maximum atomic E-state index is 11.3. The van der Waals surface area contributed by atoms with E-state index < -0.39 is 18.0 Å². The number of hydrogen-bond acceptors (Lipinski definition) is 5. The van der Waals surface area contributed by atoms with Gasteiger partial charge in [-0.05, 0) is 6.92 Å². The molecule has 0 aromatic carbocycles. The van der Waals surface area contributed by atoms with Crippen LogP contribution in [0.5, 0.6) is 0 Å². The minimum absolute atomic E-state index is 0.0475. The minimum atomic E-state index is -0.938. The van der Waals surface area contributed by atoms with Gasteiger partial charge in [0.25, 0.3) is 11.7 Å². The van der Waals surface area contributed by atoms with Crippen LogP contribution in [0, 0.1) is 11.3 Å². The van der Waals surface area contributed by atoms with Gasteiger partial charge in [-0.25, -0.2) is 14.5 Å². The number of hydrogen-bond donors (Lipinski definition) is 2. The van der Waals surface area contributed by atoms with Gasteiger partial charge in [-0.15, -0.1) is 5.10 Å². The molecule has 0 radical (unpaired) electrons. The van der Waals surface area contributed by atoms with E-state index in [9.17, 15) is 9.59 Å². The molecule has 1 unspecified atom stereocenters. The van der Waals surface area contributed by atoms with E-state index in [4.69, 9.17) is 11.0 Å². The molecule has 0 bridgehead atoms. The number of primary amides is 1. The number of rotatable bonds is 2. The van der Waals surface area contributed by atoms with E-state index in [-0.39, 0.29) is 5.82 Å². The van der Waals surface area contributed by atoms with E-state index in [1.54, 1.807) is 6.07 Å². The second kappa shape index (κ2) is 4.19. The molecule has 1 aromatic rings. The molecular formula is C7H8N6O2. The highest BCUT2D eigenvalue weighted by Gasteiger charge is 2.17. The molecule has 8 heteroatoms. The van der Waals surface area contributed by atoms with Crippen LogP contribution in [0.25, 0.3) is 0 Å². The van der Waals surface area contributed by atoms with Gasteiger partial charge < -0.3 is 5.73 Å². The van der Waals surface area contributed by atoms with Crippen LogP contribution in [0.15, 0.2) is 6.33 Å². The third-order valence-corrected chi connectivity index (χ3v) is 1.63. The van der Waals surface area contributed by atoms with Crippen molar-refractivity contribution in [2.75, 3.05) is 0 Å². The number of aromatic nitrogens is 3. The molecule has 0 spiro atoms. The van der Waals surface area contributed by atoms with Crippen molar-refractivity contribution >= 4 is 11.9 Å². The molecule has 1 aromatic heterocycles. The third kappa shape index (κ3) is 2.50. The summed E-state index contributed by atoms with van der Waals surface area (Å²) in [6.07, 6.45) is 1.23. The molecule has 15 heavy (non-hydrogen) atoms. The number of imide groups is 1. The number of carbonyl (C=O) groups excluding carboxylic acids is 2. The second-order valence-corrected chi connectivity index (χ2v) is 2.69. The standard InChI is InChI=1S/C7H8N6O2/c1-4(6(14)11-7(9)15)13-3-10-5(2-8)12-13/h3-4H,1H3,(H3,9,11,14,15). The van der Waals surface area contributed by atoms with Crippen LogP contribution < -0.4 is 11.1 Å². The Labute approximate surface area is 84.7 Å². The summed E-state index contributed by atoms with van der Waals surface area (Å²) >= 11 is 0. The fraction of sp³-hybridized carbons (Fsp3) is 0.286. The molecule has 0 saturated heterocycles. The topological polar surface area (TPSA) is 127 Å². The van der Waals surface area contributed by atoms with Gasteiger partial charge in [0.05, 0.1) is 0 Å². The number of amides is 3. The first kappa shape index (κ1) is 10.6. The zero-order valence-electron chi connectivity index (χ0n) is 7.84. The summed E-state index contributed by atoms with van der Waals surface area (Å²) in [5.41, 5.74) is 4.77. The average Bonchev–Trinajstić information content (AvgIpc) is 2.63. The third-order valence-electron chi connectivity index (χ3n) is 1.63. The van der Waals surface area contributed by atoms with Crippen LogP contribution in [0.4, 0.5) is 4.79 Å². The van der Waals surface area contributed by atoms with E-state index in [1.165, 1.54) is 13.3 Å². The van der Waals surface area contributed by atoms with E-state index in [0.29, 0.717) is 0 Å². The Bertz CT molecular complexity index is 431. The molecule has 78 valence electrons. The quantitative estimate of drug-likeness (QED) is 0.638. The largest absolute Gasteiger partial charge is 0.351 e. The summed E-state index contributed by atoms with van der Waals surface area (Å²) in [4.78, 5) is 25.3. The Morgan fingerprint density at radius 1 is 1.73 bits per heavy atom. The molecule has 1 rings (SSSR count). The van der Waals surface area contributed by atoms with Gasteiger partial charge in [0.2, 0.25) is 0 Å². The van der Waals surface area contributed by atoms with E-state index in [2.05, 4.69) is 10.1 Å². The Hall–Kier alpha value is -2.43. The number of nitriles is 1. The average molecular weight is 208 g/mol. The smallest absolute Gasteiger partial charge is 0.318 e. The van der Waals surface area contributed by atoms with E-state index >= 15 is 0 Å². The minimum Gasteiger partial charge on any atom is -0.351 e. The zero-order chi connectivity index (χ0) is 11.4. The summed E-state index contributed by atoms with van der Waals surface area (Å²) in [6, 6.07) is 0.0207. The predicted molar refractivity (Wildman–Crippen MR) is 47.2 cm³/mol. The highest BCUT2D eigenvalue weighted by Crippen LogP contribution is 2.02. The molecule has 1 heterocycles. The summed E-state index contributed by atoms with van der Waals surface area (Å²) in [6.45, 7) is 1.49. The lowest BCUT2D eigenvalue weighted by atomic mass is 10.3. The van der Waals surface area contributed by atoms with E-state index in [0.717, 1.165) is 4.68 Å². The highest BCUT2D eigenvalue weighted by molar-refractivity contribution is 5.95. The van der Waals surface area contributed by atoms with Crippen LogP contribution in [0.2, 0.25) is 0 Å². The fourth-order valence-corrected chi connectivity index (χ4v) is 0.859.